The van der Waals surface area contributed by atoms with Crippen LogP contribution >= 0.6 is 0 Å². The summed E-state index contributed by atoms with van der Waals surface area (Å²) in [5.41, 5.74) is 2.01. The predicted octanol–water partition coefficient (Wildman–Crippen LogP) is 4.96. The Morgan fingerprint density at radius 1 is 0.703 bits per heavy atom. The van der Waals surface area contributed by atoms with Crippen LogP contribution in [0.1, 0.15) is 16.7 Å². The summed E-state index contributed by atoms with van der Waals surface area (Å²) in [4.78, 5) is 12.7. The Bertz CT molecular complexity index is 1300. The van der Waals surface area contributed by atoms with Crippen LogP contribution in [0.25, 0.3) is 18.2 Å². The van der Waals surface area contributed by atoms with Gasteiger partial charge in [0.05, 0.1) is 41.2 Å². The summed E-state index contributed by atoms with van der Waals surface area (Å²) < 4.78 is 26.4. The molecule has 9 heteroatoms. The number of hydrogen-bond acceptors (Lipinski definition) is 8. The molecule has 0 aliphatic carbocycles. The van der Waals surface area contributed by atoms with E-state index < -0.39 is 5.91 Å². The minimum atomic E-state index is -0.499. The average Bonchev–Trinajstić information content (AvgIpc) is 2.91. The number of phenolic OH excluding ortho intramolecular Hbond substituents is 2. The van der Waals surface area contributed by atoms with Gasteiger partial charge in [0.15, 0.2) is 34.5 Å². The topological polar surface area (TPSA) is 116 Å². The first-order valence-electron chi connectivity index (χ1n) is 11.1. The lowest BCUT2D eigenvalue weighted by molar-refractivity contribution is -0.111. The van der Waals surface area contributed by atoms with Crippen molar-refractivity contribution in [3.63, 3.8) is 0 Å². The number of nitrogens with one attached hydrogen (secondary N) is 1. The highest BCUT2D eigenvalue weighted by molar-refractivity contribution is 6.04. The molecule has 194 valence electrons. The molecule has 3 rings (SSSR count). The van der Waals surface area contributed by atoms with E-state index in [0.29, 0.717) is 34.1 Å². The van der Waals surface area contributed by atoms with E-state index in [1.165, 1.54) is 53.8 Å². The van der Waals surface area contributed by atoms with E-state index in [2.05, 4.69) is 5.32 Å². The fraction of sp³-hybridized carbons (Fsp3) is 0.179. The maximum atomic E-state index is 12.7. The number of carbonyl (C=O) groups is 1. The fourth-order valence-electron chi connectivity index (χ4n) is 3.55. The molecule has 3 N–H and O–H groups in total. The number of anilines is 1. The SMILES string of the molecule is COc1ccc(/C=C/C(=O)Nc2c(/C=C\c3cc(OC)c(OC)c(OC)c3)ccc(OC)c2O)cc1O. The molecule has 0 atom stereocenters. The number of rotatable bonds is 10. The standard InChI is InChI=1S/C28H29NO8/c1-33-21-11-7-17(14-20(21)30)8-13-25(31)29-26-19(10-12-22(34-2)27(26)32)9-6-18-15-23(35-3)28(37-5)24(16-18)36-4/h6-16,30,32H,1-5H3,(H,29,31)/b9-6-,13-8+. The summed E-state index contributed by atoms with van der Waals surface area (Å²) in [5, 5.41) is 23.4. The lowest BCUT2D eigenvalue weighted by Crippen LogP contribution is -2.09. The molecule has 0 radical (unpaired) electrons. The Kier molecular flexibility index (Phi) is 8.88. The largest absolute Gasteiger partial charge is 0.504 e. The van der Waals surface area contributed by atoms with Gasteiger partial charge in [-0.1, -0.05) is 18.2 Å². The molecule has 3 aromatic rings. The van der Waals surface area contributed by atoms with Crippen molar-refractivity contribution in [3.8, 4) is 40.2 Å². The molecule has 0 unspecified atom stereocenters. The van der Waals surface area contributed by atoms with Crippen LogP contribution in [0.15, 0.2) is 48.5 Å². The second-order valence-electron chi connectivity index (χ2n) is 7.63. The van der Waals surface area contributed by atoms with Gasteiger partial charge in [0.1, 0.15) is 0 Å². The van der Waals surface area contributed by atoms with E-state index in [0.717, 1.165) is 5.56 Å². The third-order valence-corrected chi connectivity index (χ3v) is 5.41. The van der Waals surface area contributed by atoms with Gasteiger partial charge in [-0.3, -0.25) is 4.79 Å². The molecule has 0 bridgehead atoms. The van der Waals surface area contributed by atoms with Gasteiger partial charge in [-0.05, 0) is 53.6 Å². The molecule has 0 aromatic heterocycles. The third kappa shape index (κ3) is 6.26. The molecule has 9 nitrogen and oxygen atoms in total. The van der Waals surface area contributed by atoms with Crippen molar-refractivity contribution < 1.29 is 38.7 Å². The molecule has 0 spiro atoms. The van der Waals surface area contributed by atoms with Gasteiger partial charge < -0.3 is 39.2 Å². The van der Waals surface area contributed by atoms with Gasteiger partial charge in [-0.2, -0.15) is 0 Å². The predicted molar refractivity (Wildman–Crippen MR) is 142 cm³/mol. The fourth-order valence-corrected chi connectivity index (χ4v) is 3.55. The molecule has 1 amide bonds. The van der Waals surface area contributed by atoms with Crippen LogP contribution < -0.4 is 29.0 Å². The van der Waals surface area contributed by atoms with E-state index in [4.69, 9.17) is 23.7 Å². The molecule has 0 heterocycles. The van der Waals surface area contributed by atoms with E-state index >= 15 is 0 Å². The Balaban J connectivity index is 1.91. The highest BCUT2D eigenvalue weighted by Crippen LogP contribution is 2.40. The monoisotopic (exact) mass is 507 g/mol. The molecular formula is C28H29NO8. The third-order valence-electron chi connectivity index (χ3n) is 5.41. The first kappa shape index (κ1) is 26.8. The van der Waals surface area contributed by atoms with Gasteiger partial charge >= 0.3 is 0 Å². The van der Waals surface area contributed by atoms with Crippen LogP contribution in [-0.2, 0) is 4.79 Å². The van der Waals surface area contributed by atoms with Crippen molar-refractivity contribution in [1.82, 2.24) is 0 Å². The highest BCUT2D eigenvalue weighted by atomic mass is 16.5. The van der Waals surface area contributed by atoms with Crippen molar-refractivity contribution in [1.29, 1.82) is 0 Å². The Morgan fingerprint density at radius 2 is 1.32 bits per heavy atom. The Morgan fingerprint density at radius 3 is 1.89 bits per heavy atom. The maximum Gasteiger partial charge on any atom is 0.248 e. The molecule has 0 saturated carbocycles. The molecule has 0 fully saturated rings. The minimum Gasteiger partial charge on any atom is -0.504 e. The van der Waals surface area contributed by atoms with Crippen LogP contribution in [0.5, 0.6) is 40.2 Å². The second-order valence-corrected chi connectivity index (χ2v) is 7.63. The van der Waals surface area contributed by atoms with E-state index in [9.17, 15) is 15.0 Å². The summed E-state index contributed by atoms with van der Waals surface area (Å²) in [6, 6.07) is 11.6. The summed E-state index contributed by atoms with van der Waals surface area (Å²) in [6.07, 6.45) is 6.31. The molecular weight excluding hydrogens is 478 g/mol. The zero-order chi connectivity index (χ0) is 26.9. The average molecular weight is 508 g/mol. The van der Waals surface area contributed by atoms with Crippen LogP contribution in [0.2, 0.25) is 0 Å². The minimum absolute atomic E-state index is 0.0466. The van der Waals surface area contributed by atoms with Gasteiger partial charge in [0.2, 0.25) is 11.7 Å². The molecule has 3 aromatic carbocycles. The molecule has 0 aliphatic rings. The van der Waals surface area contributed by atoms with Crippen LogP contribution in [0, 0.1) is 0 Å². The lowest BCUT2D eigenvalue weighted by atomic mass is 10.1. The molecule has 0 aliphatic heterocycles. The van der Waals surface area contributed by atoms with Crippen LogP contribution in [0.3, 0.4) is 0 Å². The first-order valence-corrected chi connectivity index (χ1v) is 11.1. The zero-order valence-electron chi connectivity index (χ0n) is 21.2. The Hall–Kier alpha value is -4.79. The van der Waals surface area contributed by atoms with E-state index in [1.54, 1.807) is 48.6 Å². The number of benzene rings is 3. The summed E-state index contributed by atoms with van der Waals surface area (Å²) >= 11 is 0. The highest BCUT2D eigenvalue weighted by Gasteiger charge is 2.15. The van der Waals surface area contributed by atoms with Gasteiger partial charge in [0, 0.05) is 11.6 Å². The lowest BCUT2D eigenvalue weighted by Gasteiger charge is -2.14. The summed E-state index contributed by atoms with van der Waals surface area (Å²) in [7, 11) is 7.45. The van der Waals surface area contributed by atoms with Crippen molar-refractivity contribution in [2.24, 2.45) is 0 Å². The summed E-state index contributed by atoms with van der Waals surface area (Å²) in [5.74, 6) is 1.20. The van der Waals surface area contributed by atoms with Gasteiger partial charge in [-0.15, -0.1) is 0 Å². The first-order chi connectivity index (χ1) is 17.8. The van der Waals surface area contributed by atoms with Crippen LogP contribution in [0.4, 0.5) is 5.69 Å². The van der Waals surface area contributed by atoms with Crippen molar-refractivity contribution in [2.75, 3.05) is 40.9 Å². The van der Waals surface area contributed by atoms with Crippen LogP contribution in [-0.4, -0.2) is 51.7 Å². The quantitative estimate of drug-likeness (QED) is 0.200. The van der Waals surface area contributed by atoms with Crippen molar-refractivity contribution in [2.45, 2.75) is 0 Å². The van der Waals surface area contributed by atoms with Crippen molar-refractivity contribution >= 4 is 29.8 Å². The van der Waals surface area contributed by atoms with Gasteiger partial charge in [-0.25, -0.2) is 0 Å². The number of amides is 1. The summed E-state index contributed by atoms with van der Waals surface area (Å²) in [6.45, 7) is 0. The molecule has 0 saturated heterocycles. The number of phenols is 2. The number of hydrogen-bond donors (Lipinski definition) is 3. The number of methoxy groups -OCH3 is 5. The van der Waals surface area contributed by atoms with Crippen molar-refractivity contribution in [3.05, 3.63) is 65.2 Å². The zero-order valence-corrected chi connectivity index (χ0v) is 21.2. The Labute approximate surface area is 215 Å². The number of carbonyl (C=O) groups excluding carboxylic acids is 1. The van der Waals surface area contributed by atoms with E-state index in [-0.39, 0.29) is 22.9 Å². The normalized spacial score (nSPS) is 10.9. The van der Waals surface area contributed by atoms with Gasteiger partial charge in [0.25, 0.3) is 0 Å². The number of ether oxygens (including phenoxy) is 5. The number of aromatic hydroxyl groups is 2. The van der Waals surface area contributed by atoms with E-state index in [1.807, 2.05) is 0 Å². The smallest absolute Gasteiger partial charge is 0.248 e. The molecule has 37 heavy (non-hydrogen) atoms. The second kappa shape index (κ2) is 12.3. The maximum absolute atomic E-state index is 12.7.